The molecule has 0 N–H and O–H groups in total. The Labute approximate surface area is 293 Å². The fraction of sp³-hybridized carbons (Fsp3) is 0.0638. The molecule has 0 spiro atoms. The molecule has 0 radical (unpaired) electrons. The minimum absolute atomic E-state index is 0.127. The Morgan fingerprint density at radius 1 is 0.471 bits per heavy atom. The van der Waals surface area contributed by atoms with Gasteiger partial charge in [0.15, 0.2) is 0 Å². The second kappa shape index (κ2) is 10.3. The molecule has 240 valence electrons. The summed E-state index contributed by atoms with van der Waals surface area (Å²) in [6.45, 7) is 4.68. The Balaban J connectivity index is 1.03. The van der Waals surface area contributed by atoms with Gasteiger partial charge < -0.3 is 8.83 Å². The molecule has 0 saturated heterocycles. The van der Waals surface area contributed by atoms with Gasteiger partial charge in [0.05, 0.1) is 16.6 Å². The van der Waals surface area contributed by atoms with Crippen LogP contribution >= 0.6 is 0 Å². The number of para-hydroxylation sites is 2. The zero-order chi connectivity index (χ0) is 33.8. The number of fused-ring (bicyclic) bond motifs is 11. The Morgan fingerprint density at radius 2 is 1.06 bits per heavy atom. The maximum Gasteiger partial charge on any atom is 0.147 e. The highest BCUT2D eigenvalue weighted by Gasteiger charge is 2.36. The van der Waals surface area contributed by atoms with Crippen molar-refractivity contribution in [2.24, 2.45) is 0 Å². The van der Waals surface area contributed by atoms with E-state index in [0.717, 1.165) is 66.0 Å². The number of aromatic nitrogens is 2. The number of hydrogen-bond acceptors (Lipinski definition) is 4. The number of pyridine rings is 2. The Kier molecular flexibility index (Phi) is 5.70. The summed E-state index contributed by atoms with van der Waals surface area (Å²) in [6.07, 6.45) is 3.71. The van der Waals surface area contributed by atoms with E-state index in [-0.39, 0.29) is 5.41 Å². The summed E-state index contributed by atoms with van der Waals surface area (Å²) < 4.78 is 12.8. The van der Waals surface area contributed by atoms with Crippen molar-refractivity contribution in [1.29, 1.82) is 0 Å². The molecule has 4 aromatic heterocycles. The van der Waals surface area contributed by atoms with Crippen LogP contribution in [0.4, 0.5) is 0 Å². The maximum atomic E-state index is 6.58. The minimum atomic E-state index is -0.127. The summed E-state index contributed by atoms with van der Waals surface area (Å²) in [7, 11) is 0. The molecule has 0 unspecified atom stereocenters. The van der Waals surface area contributed by atoms with E-state index in [9.17, 15) is 0 Å². The van der Waals surface area contributed by atoms with Gasteiger partial charge in [-0.3, -0.25) is 4.98 Å². The van der Waals surface area contributed by atoms with E-state index in [0.29, 0.717) is 0 Å². The molecule has 4 nitrogen and oxygen atoms in total. The van der Waals surface area contributed by atoms with Gasteiger partial charge in [-0.1, -0.05) is 98.8 Å². The van der Waals surface area contributed by atoms with Gasteiger partial charge in [-0.25, -0.2) is 4.98 Å². The molecule has 1 aliphatic rings. The van der Waals surface area contributed by atoms with Gasteiger partial charge in [0, 0.05) is 44.9 Å². The summed E-state index contributed by atoms with van der Waals surface area (Å²) in [4.78, 5) is 9.55. The average Bonchev–Trinajstić information content (AvgIpc) is 3.82. The van der Waals surface area contributed by atoms with Crippen molar-refractivity contribution in [1.82, 2.24) is 9.97 Å². The Bertz CT molecular complexity index is 3040. The van der Waals surface area contributed by atoms with Gasteiger partial charge in [-0.2, -0.15) is 0 Å². The number of rotatable bonds is 3. The third-order valence-corrected chi connectivity index (χ3v) is 11.0. The summed E-state index contributed by atoms with van der Waals surface area (Å²) in [5.41, 5.74) is 16.2. The maximum absolute atomic E-state index is 6.58. The van der Waals surface area contributed by atoms with Crippen molar-refractivity contribution >= 4 is 54.8 Å². The lowest BCUT2D eigenvalue weighted by Crippen LogP contribution is -2.15. The highest BCUT2D eigenvalue weighted by atomic mass is 16.3. The van der Waals surface area contributed by atoms with Gasteiger partial charge in [0.2, 0.25) is 0 Å². The van der Waals surface area contributed by atoms with Crippen LogP contribution in [0.25, 0.3) is 99.4 Å². The zero-order valence-corrected chi connectivity index (χ0v) is 28.1. The van der Waals surface area contributed by atoms with Crippen LogP contribution in [0.1, 0.15) is 25.0 Å². The van der Waals surface area contributed by atoms with E-state index in [1.54, 1.807) is 0 Å². The third-order valence-electron chi connectivity index (χ3n) is 11.0. The monoisotopic (exact) mass is 654 g/mol. The molecule has 10 aromatic rings. The van der Waals surface area contributed by atoms with Crippen molar-refractivity contribution < 1.29 is 8.83 Å². The van der Waals surface area contributed by atoms with Gasteiger partial charge in [-0.15, -0.1) is 0 Å². The van der Waals surface area contributed by atoms with E-state index in [4.69, 9.17) is 13.8 Å². The van der Waals surface area contributed by atoms with Crippen LogP contribution < -0.4 is 0 Å². The smallest absolute Gasteiger partial charge is 0.147 e. The van der Waals surface area contributed by atoms with Crippen LogP contribution in [-0.2, 0) is 5.41 Å². The number of hydrogen-bond donors (Lipinski definition) is 0. The SMILES string of the molecule is CC1(C)c2cc(-c3ccncc3)ccc2-c2ccc(-c3ccc(-c4nc5cc6c(cc5c5oc7ccccc7c45)oc4ccccc46)cc3)cc21. The van der Waals surface area contributed by atoms with Crippen LogP contribution in [0, 0.1) is 0 Å². The third kappa shape index (κ3) is 4.08. The van der Waals surface area contributed by atoms with E-state index in [1.165, 1.54) is 44.5 Å². The van der Waals surface area contributed by atoms with Gasteiger partial charge in [-0.05, 0) is 93.0 Å². The van der Waals surface area contributed by atoms with Crippen molar-refractivity contribution in [3.63, 3.8) is 0 Å². The summed E-state index contributed by atoms with van der Waals surface area (Å²) in [5.74, 6) is 0. The second-order valence-corrected chi connectivity index (χ2v) is 14.2. The van der Waals surface area contributed by atoms with Crippen LogP contribution in [0.5, 0.6) is 0 Å². The molecule has 0 amide bonds. The van der Waals surface area contributed by atoms with Crippen LogP contribution in [0.15, 0.2) is 155 Å². The lowest BCUT2D eigenvalue weighted by atomic mass is 9.81. The van der Waals surface area contributed by atoms with E-state index in [2.05, 4.69) is 122 Å². The average molecular weight is 655 g/mol. The molecule has 51 heavy (non-hydrogen) atoms. The summed E-state index contributed by atoms with van der Waals surface area (Å²) in [6, 6.07) is 47.4. The fourth-order valence-corrected chi connectivity index (χ4v) is 8.35. The minimum Gasteiger partial charge on any atom is -0.456 e. The lowest BCUT2D eigenvalue weighted by molar-refractivity contribution is 0.661. The van der Waals surface area contributed by atoms with E-state index >= 15 is 0 Å². The first-order chi connectivity index (χ1) is 25.0. The second-order valence-electron chi connectivity index (χ2n) is 14.2. The quantitative estimate of drug-likeness (QED) is 0.190. The standard InChI is InChI=1S/C47H30N2O2/c1-47(2)38-23-30(15-17-32(38)33-18-16-31(24-39(33)47)28-19-21-48-22-20-28)27-11-13-29(14-12-27)45-44-35-8-4-6-10-42(35)51-46(44)37-26-43-36(25-40(37)49-45)34-7-3-5-9-41(34)50-43/h3-26H,1-2H3. The lowest BCUT2D eigenvalue weighted by Gasteiger charge is -2.22. The molecule has 0 saturated carbocycles. The first-order valence-corrected chi connectivity index (χ1v) is 17.4. The highest BCUT2D eigenvalue weighted by Crippen LogP contribution is 2.51. The molecule has 4 heteroatoms. The predicted octanol–water partition coefficient (Wildman–Crippen LogP) is 12.7. The number of furan rings is 2. The molecule has 1 aliphatic carbocycles. The van der Waals surface area contributed by atoms with E-state index in [1.807, 2.05) is 42.7 Å². The fourth-order valence-electron chi connectivity index (χ4n) is 8.35. The molecule has 11 rings (SSSR count). The highest BCUT2D eigenvalue weighted by molar-refractivity contribution is 6.21. The van der Waals surface area contributed by atoms with Crippen molar-refractivity contribution in [2.75, 3.05) is 0 Å². The molecule has 0 bridgehead atoms. The van der Waals surface area contributed by atoms with Gasteiger partial charge in [0.1, 0.15) is 22.3 Å². The summed E-state index contributed by atoms with van der Waals surface area (Å²) >= 11 is 0. The zero-order valence-electron chi connectivity index (χ0n) is 28.1. The van der Waals surface area contributed by atoms with Gasteiger partial charge in [0.25, 0.3) is 0 Å². The Morgan fingerprint density at radius 3 is 1.76 bits per heavy atom. The molecular formula is C47H30N2O2. The molecule has 6 aromatic carbocycles. The first-order valence-electron chi connectivity index (χ1n) is 17.4. The van der Waals surface area contributed by atoms with Crippen LogP contribution in [0.2, 0.25) is 0 Å². The topological polar surface area (TPSA) is 52.1 Å². The Hall–Kier alpha value is -6.52. The number of nitrogens with zero attached hydrogens (tertiary/aromatic N) is 2. The molecule has 0 fully saturated rings. The molecule has 0 aliphatic heterocycles. The predicted molar refractivity (Wildman–Crippen MR) is 208 cm³/mol. The van der Waals surface area contributed by atoms with Gasteiger partial charge >= 0.3 is 0 Å². The molecule has 4 heterocycles. The van der Waals surface area contributed by atoms with Crippen molar-refractivity contribution in [3.05, 3.63) is 157 Å². The van der Waals surface area contributed by atoms with E-state index < -0.39 is 0 Å². The summed E-state index contributed by atoms with van der Waals surface area (Å²) in [5, 5.41) is 5.16. The largest absolute Gasteiger partial charge is 0.456 e. The normalized spacial score (nSPS) is 13.5. The van der Waals surface area contributed by atoms with Crippen molar-refractivity contribution in [2.45, 2.75) is 19.3 Å². The molecule has 0 atom stereocenters. The molecular weight excluding hydrogens is 625 g/mol. The van der Waals surface area contributed by atoms with Crippen LogP contribution in [-0.4, -0.2) is 9.97 Å². The first kappa shape index (κ1) is 28.3. The number of benzene rings is 6. The van der Waals surface area contributed by atoms with Crippen LogP contribution in [0.3, 0.4) is 0 Å². The van der Waals surface area contributed by atoms with Crippen molar-refractivity contribution in [3.8, 4) is 44.6 Å².